The molecule has 0 aromatic heterocycles. The molecule has 1 aromatic carbocycles. The standard InChI is InChI=1S/C25H40O4/c1-3-4-5-6-7-8-9-10-11-12-13-14-15-16-21-28-24-19-17-23(18-20-24)25(27)29-22(2)26/h17-20H,3-16,21H2,1-2H3. The molecule has 0 heterocycles. The minimum absolute atomic E-state index is 0.351. The van der Waals surface area contributed by atoms with Crippen molar-refractivity contribution >= 4 is 11.9 Å². The summed E-state index contributed by atoms with van der Waals surface area (Å²) in [5.74, 6) is -0.497. The zero-order chi connectivity index (χ0) is 21.2. The maximum atomic E-state index is 11.6. The van der Waals surface area contributed by atoms with Crippen LogP contribution >= 0.6 is 0 Å². The van der Waals surface area contributed by atoms with Crippen LogP contribution < -0.4 is 4.74 Å². The topological polar surface area (TPSA) is 52.6 Å². The van der Waals surface area contributed by atoms with E-state index in [9.17, 15) is 9.59 Å². The molecule has 0 saturated heterocycles. The van der Waals surface area contributed by atoms with Crippen molar-refractivity contribution in [3.05, 3.63) is 29.8 Å². The molecular weight excluding hydrogens is 364 g/mol. The van der Waals surface area contributed by atoms with Gasteiger partial charge in [0.25, 0.3) is 0 Å². The first-order valence-electron chi connectivity index (χ1n) is 11.6. The molecule has 4 heteroatoms. The predicted octanol–water partition coefficient (Wildman–Crippen LogP) is 7.25. The number of unbranched alkanes of at least 4 members (excludes halogenated alkanes) is 13. The van der Waals surface area contributed by atoms with Crippen molar-refractivity contribution in [3.8, 4) is 5.75 Å². The summed E-state index contributed by atoms with van der Waals surface area (Å²) in [6, 6.07) is 6.71. The fourth-order valence-corrected chi connectivity index (χ4v) is 3.36. The summed E-state index contributed by atoms with van der Waals surface area (Å²) in [7, 11) is 0. The van der Waals surface area contributed by atoms with Crippen LogP contribution in [0.5, 0.6) is 5.75 Å². The van der Waals surface area contributed by atoms with Crippen LogP contribution in [-0.4, -0.2) is 18.5 Å². The Morgan fingerprint density at radius 3 is 1.59 bits per heavy atom. The van der Waals surface area contributed by atoms with Gasteiger partial charge in [0, 0.05) is 6.92 Å². The summed E-state index contributed by atoms with van der Waals surface area (Å²) in [5, 5.41) is 0. The third-order valence-electron chi connectivity index (χ3n) is 5.09. The molecule has 0 atom stereocenters. The van der Waals surface area contributed by atoms with Gasteiger partial charge < -0.3 is 9.47 Å². The van der Waals surface area contributed by atoms with Crippen LogP contribution in [0.4, 0.5) is 0 Å². The van der Waals surface area contributed by atoms with Crippen LogP contribution in [-0.2, 0) is 9.53 Å². The summed E-state index contributed by atoms with van der Waals surface area (Å²) in [5.41, 5.74) is 0.351. The third kappa shape index (κ3) is 13.9. The van der Waals surface area contributed by atoms with Gasteiger partial charge in [-0.3, -0.25) is 4.79 Å². The van der Waals surface area contributed by atoms with Crippen LogP contribution in [0.15, 0.2) is 24.3 Å². The molecule has 1 aromatic rings. The zero-order valence-corrected chi connectivity index (χ0v) is 18.5. The van der Waals surface area contributed by atoms with Crippen molar-refractivity contribution in [3.63, 3.8) is 0 Å². The minimum atomic E-state index is -0.629. The van der Waals surface area contributed by atoms with Crippen LogP contribution in [0.3, 0.4) is 0 Å². The smallest absolute Gasteiger partial charge is 0.345 e. The molecule has 0 unspecified atom stereocenters. The van der Waals surface area contributed by atoms with E-state index < -0.39 is 11.9 Å². The second-order valence-electron chi connectivity index (χ2n) is 7.85. The molecule has 164 valence electrons. The van der Waals surface area contributed by atoms with E-state index >= 15 is 0 Å². The molecule has 0 saturated carbocycles. The summed E-state index contributed by atoms with van der Waals surface area (Å²) in [6.45, 7) is 4.17. The van der Waals surface area contributed by atoms with Gasteiger partial charge in [0.05, 0.1) is 12.2 Å². The number of hydrogen-bond acceptors (Lipinski definition) is 4. The first-order chi connectivity index (χ1) is 14.1. The Labute approximate surface area is 177 Å². The predicted molar refractivity (Wildman–Crippen MR) is 118 cm³/mol. The van der Waals surface area contributed by atoms with Gasteiger partial charge in [-0.1, -0.05) is 90.4 Å². The van der Waals surface area contributed by atoms with E-state index in [-0.39, 0.29) is 0 Å². The minimum Gasteiger partial charge on any atom is -0.494 e. The summed E-state index contributed by atoms with van der Waals surface area (Å²) >= 11 is 0. The number of hydrogen-bond donors (Lipinski definition) is 0. The van der Waals surface area contributed by atoms with Crippen molar-refractivity contribution in [2.24, 2.45) is 0 Å². The van der Waals surface area contributed by atoms with Crippen molar-refractivity contribution in [1.82, 2.24) is 0 Å². The highest BCUT2D eigenvalue weighted by atomic mass is 16.6. The lowest BCUT2D eigenvalue weighted by atomic mass is 10.0. The van der Waals surface area contributed by atoms with Crippen LogP contribution in [0.25, 0.3) is 0 Å². The quantitative estimate of drug-likeness (QED) is 0.156. The molecule has 0 N–H and O–H groups in total. The second kappa shape index (κ2) is 17.1. The van der Waals surface area contributed by atoms with Gasteiger partial charge >= 0.3 is 11.9 Å². The molecule has 1 rings (SSSR count). The van der Waals surface area contributed by atoms with Crippen molar-refractivity contribution in [2.75, 3.05) is 6.61 Å². The number of rotatable bonds is 17. The van der Waals surface area contributed by atoms with E-state index in [0.29, 0.717) is 12.2 Å². The monoisotopic (exact) mass is 404 g/mol. The lowest BCUT2D eigenvalue weighted by Gasteiger charge is -2.07. The van der Waals surface area contributed by atoms with E-state index in [1.807, 2.05) is 0 Å². The Hall–Kier alpha value is -1.84. The molecule has 4 nitrogen and oxygen atoms in total. The average molecular weight is 405 g/mol. The molecule has 0 fully saturated rings. The van der Waals surface area contributed by atoms with Gasteiger partial charge in [-0.05, 0) is 30.7 Å². The Kier molecular flexibility index (Phi) is 14.8. The number of carbonyl (C=O) groups is 2. The van der Waals surface area contributed by atoms with Crippen molar-refractivity contribution in [1.29, 1.82) is 0 Å². The fraction of sp³-hybridized carbons (Fsp3) is 0.680. The Balaban J connectivity index is 1.92. The van der Waals surface area contributed by atoms with Gasteiger partial charge in [-0.25, -0.2) is 4.79 Å². The lowest BCUT2D eigenvalue weighted by Crippen LogP contribution is -2.09. The number of carbonyl (C=O) groups excluding carboxylic acids is 2. The Bertz CT molecular complexity index is 550. The molecule has 0 aliphatic heterocycles. The fourth-order valence-electron chi connectivity index (χ4n) is 3.36. The first-order valence-corrected chi connectivity index (χ1v) is 11.6. The molecule has 0 aliphatic carbocycles. The second-order valence-corrected chi connectivity index (χ2v) is 7.85. The van der Waals surface area contributed by atoms with Crippen LogP contribution in [0.1, 0.15) is 114 Å². The molecule has 0 bridgehead atoms. The molecule has 0 amide bonds. The van der Waals surface area contributed by atoms with Crippen molar-refractivity contribution < 1.29 is 19.1 Å². The summed E-state index contributed by atoms with van der Waals surface area (Å²) in [6.07, 6.45) is 18.8. The van der Waals surface area contributed by atoms with Gasteiger partial charge in [0.1, 0.15) is 5.75 Å². The molecular formula is C25H40O4. The van der Waals surface area contributed by atoms with E-state index in [1.165, 1.54) is 90.4 Å². The van der Waals surface area contributed by atoms with E-state index in [0.717, 1.165) is 12.2 Å². The average Bonchev–Trinajstić information content (AvgIpc) is 2.71. The van der Waals surface area contributed by atoms with E-state index in [4.69, 9.17) is 4.74 Å². The normalized spacial score (nSPS) is 10.7. The zero-order valence-electron chi connectivity index (χ0n) is 18.5. The highest BCUT2D eigenvalue weighted by molar-refractivity contribution is 5.96. The maximum absolute atomic E-state index is 11.6. The SMILES string of the molecule is CCCCCCCCCCCCCCCCOc1ccc(C(=O)OC(C)=O)cc1. The Morgan fingerprint density at radius 2 is 1.14 bits per heavy atom. The number of ether oxygens (including phenoxy) is 2. The third-order valence-corrected chi connectivity index (χ3v) is 5.09. The highest BCUT2D eigenvalue weighted by Gasteiger charge is 2.09. The molecule has 29 heavy (non-hydrogen) atoms. The number of esters is 2. The highest BCUT2D eigenvalue weighted by Crippen LogP contribution is 2.15. The van der Waals surface area contributed by atoms with Crippen molar-refractivity contribution in [2.45, 2.75) is 104 Å². The first kappa shape index (κ1) is 25.2. The van der Waals surface area contributed by atoms with Gasteiger partial charge in [-0.2, -0.15) is 0 Å². The number of benzene rings is 1. The maximum Gasteiger partial charge on any atom is 0.345 e. The molecule has 0 radical (unpaired) electrons. The molecule has 0 spiro atoms. The van der Waals surface area contributed by atoms with Crippen LogP contribution in [0, 0.1) is 0 Å². The molecule has 0 aliphatic rings. The largest absolute Gasteiger partial charge is 0.494 e. The van der Waals surface area contributed by atoms with Gasteiger partial charge in [-0.15, -0.1) is 0 Å². The van der Waals surface area contributed by atoms with E-state index in [1.54, 1.807) is 24.3 Å². The van der Waals surface area contributed by atoms with E-state index in [2.05, 4.69) is 11.7 Å². The summed E-state index contributed by atoms with van der Waals surface area (Å²) in [4.78, 5) is 22.4. The summed E-state index contributed by atoms with van der Waals surface area (Å²) < 4.78 is 10.3. The lowest BCUT2D eigenvalue weighted by molar-refractivity contribution is -0.135. The van der Waals surface area contributed by atoms with Gasteiger partial charge in [0.15, 0.2) is 0 Å². The Morgan fingerprint density at radius 1 is 0.690 bits per heavy atom. The van der Waals surface area contributed by atoms with Crippen LogP contribution in [0.2, 0.25) is 0 Å². The van der Waals surface area contributed by atoms with Gasteiger partial charge in [0.2, 0.25) is 0 Å².